The van der Waals surface area contributed by atoms with Crippen molar-refractivity contribution < 1.29 is 4.79 Å². The van der Waals surface area contributed by atoms with Gasteiger partial charge in [0.1, 0.15) is 0 Å². The molecule has 0 saturated carbocycles. The van der Waals surface area contributed by atoms with Crippen molar-refractivity contribution in [1.82, 2.24) is 5.32 Å². The topological polar surface area (TPSA) is 81.1 Å². The fraction of sp³-hybridized carbons (Fsp3) is 0.875. The number of hydrogen-bond acceptors (Lipinski definition) is 3. The van der Waals surface area contributed by atoms with Crippen molar-refractivity contribution in [2.45, 2.75) is 38.8 Å². The largest absolute Gasteiger partial charge is 0.355 e. The SMILES string of the molecule is CC(=O)NC[C@@H](N)CCC(C)N. The second-order valence-corrected chi connectivity index (χ2v) is 3.25. The van der Waals surface area contributed by atoms with Crippen LogP contribution in [-0.4, -0.2) is 24.5 Å². The third-order valence-electron chi connectivity index (χ3n) is 1.61. The van der Waals surface area contributed by atoms with Crippen molar-refractivity contribution in [2.75, 3.05) is 6.54 Å². The molecule has 0 aromatic carbocycles. The molecule has 72 valence electrons. The van der Waals surface area contributed by atoms with Crippen LogP contribution >= 0.6 is 0 Å². The summed E-state index contributed by atoms with van der Waals surface area (Å²) in [6.07, 6.45) is 1.76. The summed E-state index contributed by atoms with van der Waals surface area (Å²) >= 11 is 0. The number of carbonyl (C=O) groups excluding carboxylic acids is 1. The minimum atomic E-state index is -0.0359. The Kier molecular flexibility index (Phi) is 5.66. The zero-order valence-electron chi connectivity index (χ0n) is 7.84. The first-order chi connectivity index (χ1) is 5.52. The Morgan fingerprint density at radius 3 is 2.42 bits per heavy atom. The second kappa shape index (κ2) is 5.97. The van der Waals surface area contributed by atoms with Crippen molar-refractivity contribution in [3.8, 4) is 0 Å². The molecule has 0 rings (SSSR count). The van der Waals surface area contributed by atoms with Crippen LogP contribution in [0.3, 0.4) is 0 Å². The molecular weight excluding hydrogens is 154 g/mol. The summed E-state index contributed by atoms with van der Waals surface area (Å²) in [6, 6.07) is 0.216. The van der Waals surface area contributed by atoms with Gasteiger partial charge >= 0.3 is 0 Å². The van der Waals surface area contributed by atoms with E-state index in [0.29, 0.717) is 6.54 Å². The molecule has 4 heteroatoms. The van der Waals surface area contributed by atoms with Crippen LogP contribution in [0.5, 0.6) is 0 Å². The van der Waals surface area contributed by atoms with Crippen molar-refractivity contribution in [1.29, 1.82) is 0 Å². The predicted molar refractivity (Wildman–Crippen MR) is 49.5 cm³/mol. The summed E-state index contributed by atoms with van der Waals surface area (Å²) < 4.78 is 0. The van der Waals surface area contributed by atoms with E-state index in [1.54, 1.807) is 0 Å². The molecule has 5 N–H and O–H groups in total. The second-order valence-electron chi connectivity index (χ2n) is 3.25. The lowest BCUT2D eigenvalue weighted by molar-refractivity contribution is -0.119. The first kappa shape index (κ1) is 11.4. The van der Waals surface area contributed by atoms with E-state index in [-0.39, 0.29) is 18.0 Å². The summed E-state index contributed by atoms with van der Waals surface area (Å²) in [5, 5.41) is 2.66. The van der Waals surface area contributed by atoms with Gasteiger partial charge in [0.05, 0.1) is 0 Å². The minimum absolute atomic E-state index is 0.0277. The molecule has 0 spiro atoms. The molecule has 0 fully saturated rings. The molecule has 0 aliphatic rings. The van der Waals surface area contributed by atoms with Gasteiger partial charge in [-0.1, -0.05) is 0 Å². The third-order valence-corrected chi connectivity index (χ3v) is 1.61. The molecule has 0 aromatic rings. The van der Waals surface area contributed by atoms with Crippen LogP contribution in [0.4, 0.5) is 0 Å². The summed E-state index contributed by atoms with van der Waals surface area (Å²) in [7, 11) is 0. The number of hydrogen-bond donors (Lipinski definition) is 3. The van der Waals surface area contributed by atoms with Gasteiger partial charge in [0, 0.05) is 25.6 Å². The van der Waals surface area contributed by atoms with E-state index >= 15 is 0 Å². The fourth-order valence-corrected chi connectivity index (χ4v) is 0.854. The highest BCUT2D eigenvalue weighted by Crippen LogP contribution is 1.96. The standard InChI is InChI=1S/C8H19N3O/c1-6(9)3-4-8(10)5-11-7(2)12/h6,8H,3-5,9-10H2,1-2H3,(H,11,12)/t6?,8-/m0/s1. The molecule has 4 nitrogen and oxygen atoms in total. The van der Waals surface area contributed by atoms with E-state index < -0.39 is 0 Å². The normalized spacial score (nSPS) is 15.3. The van der Waals surface area contributed by atoms with Gasteiger partial charge in [-0.2, -0.15) is 0 Å². The molecule has 0 saturated heterocycles. The molecule has 0 bridgehead atoms. The van der Waals surface area contributed by atoms with Gasteiger partial charge in [0.15, 0.2) is 0 Å². The van der Waals surface area contributed by atoms with E-state index in [0.717, 1.165) is 12.8 Å². The van der Waals surface area contributed by atoms with Crippen LogP contribution in [0.15, 0.2) is 0 Å². The van der Waals surface area contributed by atoms with E-state index in [9.17, 15) is 4.79 Å². The Bertz CT molecular complexity index is 136. The average Bonchev–Trinajstić information content (AvgIpc) is 1.96. The molecule has 0 heterocycles. The maximum atomic E-state index is 10.5. The van der Waals surface area contributed by atoms with Crippen molar-refractivity contribution in [2.24, 2.45) is 11.5 Å². The summed E-state index contributed by atoms with van der Waals surface area (Å²) in [6.45, 7) is 3.98. The smallest absolute Gasteiger partial charge is 0.216 e. The zero-order valence-corrected chi connectivity index (χ0v) is 7.84. The highest BCUT2D eigenvalue weighted by molar-refractivity contribution is 5.72. The maximum Gasteiger partial charge on any atom is 0.216 e. The van der Waals surface area contributed by atoms with Crippen LogP contribution in [0, 0.1) is 0 Å². The Morgan fingerprint density at radius 1 is 1.42 bits per heavy atom. The van der Waals surface area contributed by atoms with Gasteiger partial charge in [-0.15, -0.1) is 0 Å². The number of rotatable bonds is 5. The zero-order chi connectivity index (χ0) is 9.56. The Labute approximate surface area is 73.7 Å². The highest BCUT2D eigenvalue weighted by atomic mass is 16.1. The molecule has 0 aliphatic heterocycles. The molecule has 0 aliphatic carbocycles. The van der Waals surface area contributed by atoms with Crippen LogP contribution in [-0.2, 0) is 4.79 Å². The summed E-state index contributed by atoms with van der Waals surface area (Å²) in [4.78, 5) is 10.5. The minimum Gasteiger partial charge on any atom is -0.355 e. The van der Waals surface area contributed by atoms with Gasteiger partial charge in [-0.25, -0.2) is 0 Å². The van der Waals surface area contributed by atoms with E-state index in [2.05, 4.69) is 5.32 Å². The monoisotopic (exact) mass is 173 g/mol. The molecule has 12 heavy (non-hydrogen) atoms. The lowest BCUT2D eigenvalue weighted by atomic mass is 10.1. The van der Waals surface area contributed by atoms with Crippen molar-refractivity contribution in [3.05, 3.63) is 0 Å². The Morgan fingerprint density at radius 2 is 2.00 bits per heavy atom. The molecule has 1 unspecified atom stereocenters. The molecule has 0 radical (unpaired) electrons. The van der Waals surface area contributed by atoms with Crippen molar-refractivity contribution >= 4 is 5.91 Å². The quantitative estimate of drug-likeness (QED) is 0.528. The maximum absolute atomic E-state index is 10.5. The average molecular weight is 173 g/mol. The number of nitrogens with one attached hydrogen (secondary N) is 1. The van der Waals surface area contributed by atoms with Gasteiger partial charge in [0.25, 0.3) is 0 Å². The van der Waals surface area contributed by atoms with Gasteiger partial charge in [0.2, 0.25) is 5.91 Å². The number of carbonyl (C=O) groups is 1. The van der Waals surface area contributed by atoms with E-state index in [1.165, 1.54) is 6.92 Å². The Hall–Kier alpha value is -0.610. The summed E-state index contributed by atoms with van der Waals surface area (Å²) in [5.41, 5.74) is 11.3. The lowest BCUT2D eigenvalue weighted by Gasteiger charge is -2.12. The number of nitrogens with two attached hydrogens (primary N) is 2. The third kappa shape index (κ3) is 7.50. The Balaban J connectivity index is 3.33. The first-order valence-corrected chi connectivity index (χ1v) is 4.28. The van der Waals surface area contributed by atoms with Crippen molar-refractivity contribution in [3.63, 3.8) is 0 Å². The van der Waals surface area contributed by atoms with Gasteiger partial charge < -0.3 is 16.8 Å². The van der Waals surface area contributed by atoms with E-state index in [1.807, 2.05) is 6.92 Å². The molecular formula is C8H19N3O. The van der Waals surface area contributed by atoms with Crippen LogP contribution in [0.1, 0.15) is 26.7 Å². The lowest BCUT2D eigenvalue weighted by Crippen LogP contribution is -2.37. The fourth-order valence-electron chi connectivity index (χ4n) is 0.854. The van der Waals surface area contributed by atoms with Gasteiger partial charge in [-0.3, -0.25) is 4.79 Å². The van der Waals surface area contributed by atoms with Crippen LogP contribution in [0.2, 0.25) is 0 Å². The number of amides is 1. The predicted octanol–water partition coefficient (Wildman–Crippen LogP) is -0.423. The molecule has 2 atom stereocenters. The molecule has 0 aromatic heterocycles. The summed E-state index contributed by atoms with van der Waals surface area (Å²) in [5.74, 6) is -0.0359. The van der Waals surface area contributed by atoms with E-state index in [4.69, 9.17) is 11.5 Å². The van der Waals surface area contributed by atoms with Gasteiger partial charge in [-0.05, 0) is 19.8 Å². The highest BCUT2D eigenvalue weighted by Gasteiger charge is 2.04. The molecule has 1 amide bonds. The first-order valence-electron chi connectivity index (χ1n) is 4.28. The van der Waals surface area contributed by atoms with Crippen LogP contribution < -0.4 is 16.8 Å². The van der Waals surface area contributed by atoms with Crippen LogP contribution in [0.25, 0.3) is 0 Å².